The molecular weight excluding hydrogens is 216 g/mol. The highest BCUT2D eigenvalue weighted by atomic mass is 16.5. The Labute approximate surface area is 100 Å². The topological polar surface area (TPSA) is 38.7 Å². The molecule has 0 aromatic heterocycles. The number of aromatic hydroxyl groups is 1. The Balaban J connectivity index is 2.09. The first-order valence-electron chi connectivity index (χ1n) is 5.33. The summed E-state index contributed by atoms with van der Waals surface area (Å²) in [6.07, 6.45) is 0. The maximum absolute atomic E-state index is 9.32. The van der Waals surface area contributed by atoms with Gasteiger partial charge in [0.15, 0.2) is 11.5 Å². The Hall–Kier alpha value is -2.16. The Kier molecular flexibility index (Phi) is 3.50. The Morgan fingerprint density at radius 3 is 2.47 bits per heavy atom. The van der Waals surface area contributed by atoms with Gasteiger partial charge in [0.1, 0.15) is 12.4 Å². The summed E-state index contributed by atoms with van der Waals surface area (Å²) in [5.41, 5.74) is 1.09. The van der Waals surface area contributed by atoms with E-state index in [0.29, 0.717) is 18.1 Å². The molecule has 0 aliphatic carbocycles. The van der Waals surface area contributed by atoms with Gasteiger partial charge in [0.05, 0.1) is 7.11 Å². The number of hydrogen-bond donors (Lipinski definition) is 1. The van der Waals surface area contributed by atoms with E-state index < -0.39 is 0 Å². The zero-order chi connectivity index (χ0) is 12.1. The van der Waals surface area contributed by atoms with Crippen LogP contribution in [0.25, 0.3) is 0 Å². The van der Waals surface area contributed by atoms with E-state index >= 15 is 0 Å². The molecule has 0 saturated carbocycles. The van der Waals surface area contributed by atoms with Gasteiger partial charge in [-0.05, 0) is 17.7 Å². The first-order chi connectivity index (χ1) is 8.29. The lowest BCUT2D eigenvalue weighted by molar-refractivity contribution is 0.283. The van der Waals surface area contributed by atoms with E-state index in [2.05, 4.69) is 0 Å². The molecule has 3 nitrogen and oxygen atoms in total. The van der Waals surface area contributed by atoms with Crippen molar-refractivity contribution < 1.29 is 14.6 Å². The lowest BCUT2D eigenvalue weighted by Crippen LogP contribution is -1.97. The SMILES string of the molecule is COc1cc(O)ccc1OCc1ccccc1. The molecule has 0 aliphatic rings. The van der Waals surface area contributed by atoms with Crippen molar-refractivity contribution in [2.75, 3.05) is 7.11 Å². The van der Waals surface area contributed by atoms with Crippen LogP contribution in [0, 0.1) is 0 Å². The number of phenols is 1. The molecule has 0 saturated heterocycles. The zero-order valence-electron chi connectivity index (χ0n) is 9.59. The number of rotatable bonds is 4. The van der Waals surface area contributed by atoms with Crippen molar-refractivity contribution in [2.45, 2.75) is 6.61 Å². The van der Waals surface area contributed by atoms with Crippen LogP contribution in [0.15, 0.2) is 48.5 Å². The minimum Gasteiger partial charge on any atom is -0.508 e. The summed E-state index contributed by atoms with van der Waals surface area (Å²) in [5.74, 6) is 1.31. The van der Waals surface area contributed by atoms with E-state index in [0.717, 1.165) is 5.56 Å². The number of hydrogen-bond acceptors (Lipinski definition) is 3. The van der Waals surface area contributed by atoms with Gasteiger partial charge in [-0.25, -0.2) is 0 Å². The second-order valence-corrected chi connectivity index (χ2v) is 3.61. The second-order valence-electron chi connectivity index (χ2n) is 3.61. The molecule has 3 heteroatoms. The number of phenolic OH excluding ortho intramolecular Hbond substituents is 1. The van der Waals surface area contributed by atoms with Crippen molar-refractivity contribution in [3.63, 3.8) is 0 Å². The summed E-state index contributed by atoms with van der Waals surface area (Å²) >= 11 is 0. The van der Waals surface area contributed by atoms with Crippen LogP contribution in [0.3, 0.4) is 0 Å². The molecule has 0 amide bonds. The van der Waals surface area contributed by atoms with Gasteiger partial charge < -0.3 is 14.6 Å². The van der Waals surface area contributed by atoms with Crippen molar-refractivity contribution in [1.29, 1.82) is 0 Å². The average molecular weight is 230 g/mol. The third kappa shape index (κ3) is 2.91. The normalized spacial score (nSPS) is 9.94. The van der Waals surface area contributed by atoms with E-state index in [1.54, 1.807) is 19.2 Å². The third-order valence-corrected chi connectivity index (χ3v) is 2.38. The molecule has 0 atom stereocenters. The van der Waals surface area contributed by atoms with Crippen LogP contribution in [-0.4, -0.2) is 12.2 Å². The van der Waals surface area contributed by atoms with Crippen LogP contribution in [0.1, 0.15) is 5.56 Å². The molecule has 0 heterocycles. The summed E-state index contributed by atoms with van der Waals surface area (Å²) < 4.78 is 10.8. The summed E-state index contributed by atoms with van der Waals surface area (Å²) in [7, 11) is 1.55. The maximum Gasteiger partial charge on any atom is 0.164 e. The van der Waals surface area contributed by atoms with Crippen molar-refractivity contribution in [1.82, 2.24) is 0 Å². The fourth-order valence-corrected chi connectivity index (χ4v) is 1.51. The van der Waals surface area contributed by atoms with Gasteiger partial charge in [-0.15, -0.1) is 0 Å². The maximum atomic E-state index is 9.32. The van der Waals surface area contributed by atoms with Crippen LogP contribution in [-0.2, 0) is 6.61 Å². The molecule has 0 fully saturated rings. The van der Waals surface area contributed by atoms with Gasteiger partial charge >= 0.3 is 0 Å². The Morgan fingerprint density at radius 1 is 1.00 bits per heavy atom. The highest BCUT2D eigenvalue weighted by Crippen LogP contribution is 2.31. The van der Waals surface area contributed by atoms with Gasteiger partial charge in [0.25, 0.3) is 0 Å². The molecule has 0 bridgehead atoms. The van der Waals surface area contributed by atoms with Crippen molar-refractivity contribution in [2.24, 2.45) is 0 Å². The molecule has 2 aromatic rings. The van der Waals surface area contributed by atoms with Gasteiger partial charge in [-0.2, -0.15) is 0 Å². The number of benzene rings is 2. The molecule has 0 unspecified atom stereocenters. The highest BCUT2D eigenvalue weighted by Gasteiger charge is 2.05. The van der Waals surface area contributed by atoms with E-state index in [1.807, 2.05) is 30.3 Å². The quantitative estimate of drug-likeness (QED) is 0.877. The van der Waals surface area contributed by atoms with Crippen molar-refractivity contribution >= 4 is 0 Å². The highest BCUT2D eigenvalue weighted by molar-refractivity contribution is 5.45. The summed E-state index contributed by atoms with van der Waals surface area (Å²) in [6.45, 7) is 0.474. The molecule has 0 aliphatic heterocycles. The van der Waals surface area contributed by atoms with Crippen LogP contribution < -0.4 is 9.47 Å². The fraction of sp³-hybridized carbons (Fsp3) is 0.143. The Morgan fingerprint density at radius 2 is 1.76 bits per heavy atom. The Bertz CT molecular complexity index is 480. The minimum atomic E-state index is 0.161. The molecule has 1 N–H and O–H groups in total. The molecule has 2 aromatic carbocycles. The monoisotopic (exact) mass is 230 g/mol. The smallest absolute Gasteiger partial charge is 0.164 e. The van der Waals surface area contributed by atoms with Crippen LogP contribution in [0.2, 0.25) is 0 Å². The number of ether oxygens (including phenoxy) is 2. The standard InChI is InChI=1S/C14H14O3/c1-16-14-9-12(15)7-8-13(14)17-10-11-5-3-2-4-6-11/h2-9,15H,10H2,1H3. The first-order valence-corrected chi connectivity index (χ1v) is 5.33. The number of methoxy groups -OCH3 is 1. The van der Waals surface area contributed by atoms with Crippen LogP contribution >= 0.6 is 0 Å². The molecule has 88 valence electrons. The van der Waals surface area contributed by atoms with Gasteiger partial charge in [0.2, 0.25) is 0 Å². The first kappa shape index (κ1) is 11.3. The lowest BCUT2D eigenvalue weighted by atomic mass is 10.2. The van der Waals surface area contributed by atoms with E-state index in [4.69, 9.17) is 9.47 Å². The van der Waals surface area contributed by atoms with E-state index in [-0.39, 0.29) is 5.75 Å². The lowest BCUT2D eigenvalue weighted by Gasteiger charge is -2.10. The molecule has 0 radical (unpaired) electrons. The van der Waals surface area contributed by atoms with Gasteiger partial charge in [0, 0.05) is 6.07 Å². The second kappa shape index (κ2) is 5.25. The van der Waals surface area contributed by atoms with Crippen LogP contribution in [0.5, 0.6) is 17.2 Å². The van der Waals surface area contributed by atoms with E-state index in [1.165, 1.54) is 6.07 Å². The van der Waals surface area contributed by atoms with Crippen molar-refractivity contribution in [3.8, 4) is 17.2 Å². The predicted octanol–water partition coefficient (Wildman–Crippen LogP) is 2.98. The zero-order valence-corrected chi connectivity index (χ0v) is 9.59. The minimum absolute atomic E-state index is 0.161. The molecule has 17 heavy (non-hydrogen) atoms. The summed E-state index contributed by atoms with van der Waals surface area (Å²) in [5, 5.41) is 9.32. The largest absolute Gasteiger partial charge is 0.508 e. The molecule has 0 spiro atoms. The average Bonchev–Trinajstić information content (AvgIpc) is 2.38. The van der Waals surface area contributed by atoms with Gasteiger partial charge in [-0.3, -0.25) is 0 Å². The summed E-state index contributed by atoms with van der Waals surface area (Å²) in [6, 6.07) is 14.7. The predicted molar refractivity (Wildman–Crippen MR) is 65.4 cm³/mol. The van der Waals surface area contributed by atoms with E-state index in [9.17, 15) is 5.11 Å². The van der Waals surface area contributed by atoms with Gasteiger partial charge in [-0.1, -0.05) is 30.3 Å². The third-order valence-electron chi connectivity index (χ3n) is 2.38. The molecular formula is C14H14O3. The fourth-order valence-electron chi connectivity index (χ4n) is 1.51. The molecule has 2 rings (SSSR count). The summed E-state index contributed by atoms with van der Waals surface area (Å²) in [4.78, 5) is 0. The van der Waals surface area contributed by atoms with Crippen molar-refractivity contribution in [3.05, 3.63) is 54.1 Å². The van der Waals surface area contributed by atoms with Crippen LogP contribution in [0.4, 0.5) is 0 Å².